The Hall–Kier alpha value is -0.0800. The summed E-state index contributed by atoms with van der Waals surface area (Å²) in [6.07, 6.45) is 30.1. The SMILES string of the molecule is CCCCCCCCCCCCCCCCCCCCCCN.CCCN(C)C. The van der Waals surface area contributed by atoms with Crippen LogP contribution in [0.2, 0.25) is 0 Å². The number of hydrogen-bond donors (Lipinski definition) is 1. The second-order valence-electron chi connectivity index (χ2n) is 9.31. The molecule has 0 amide bonds. The van der Waals surface area contributed by atoms with Crippen molar-refractivity contribution >= 4 is 0 Å². The Balaban J connectivity index is 0. The van der Waals surface area contributed by atoms with Gasteiger partial charge in [0.15, 0.2) is 0 Å². The lowest BCUT2D eigenvalue weighted by molar-refractivity contribution is 0.408. The highest BCUT2D eigenvalue weighted by molar-refractivity contribution is 4.51. The Labute approximate surface area is 186 Å². The highest BCUT2D eigenvalue weighted by Crippen LogP contribution is 2.14. The summed E-state index contributed by atoms with van der Waals surface area (Å²) in [5.41, 5.74) is 5.51. The smallest absolute Gasteiger partial charge is 0.00275 e. The zero-order valence-electron chi connectivity index (χ0n) is 21.3. The van der Waals surface area contributed by atoms with Gasteiger partial charge in [-0.3, -0.25) is 0 Å². The Morgan fingerprint density at radius 2 is 0.690 bits per heavy atom. The molecule has 0 unspecified atom stereocenters. The van der Waals surface area contributed by atoms with E-state index in [9.17, 15) is 0 Å². The summed E-state index contributed by atoms with van der Waals surface area (Å²) < 4.78 is 0. The predicted octanol–water partition coefficient (Wildman–Crippen LogP) is 8.73. The number of rotatable bonds is 22. The molecule has 0 aliphatic carbocycles. The monoisotopic (exact) mass is 412 g/mol. The molecule has 0 aromatic carbocycles. The molecule has 0 saturated carbocycles. The minimum atomic E-state index is 0.874. The van der Waals surface area contributed by atoms with E-state index >= 15 is 0 Å². The van der Waals surface area contributed by atoms with Crippen molar-refractivity contribution in [2.24, 2.45) is 5.73 Å². The molecule has 0 fully saturated rings. The van der Waals surface area contributed by atoms with Crippen molar-refractivity contribution < 1.29 is 0 Å². The first-order chi connectivity index (χ1) is 14.2. The zero-order chi connectivity index (χ0) is 21.8. The van der Waals surface area contributed by atoms with Crippen LogP contribution in [0.25, 0.3) is 0 Å². The van der Waals surface area contributed by atoms with Gasteiger partial charge in [-0.05, 0) is 40.0 Å². The van der Waals surface area contributed by atoms with E-state index in [0.717, 1.165) is 6.54 Å². The average Bonchev–Trinajstić information content (AvgIpc) is 2.70. The van der Waals surface area contributed by atoms with Crippen molar-refractivity contribution in [3.05, 3.63) is 0 Å². The third-order valence-electron chi connectivity index (χ3n) is 5.73. The maximum absolute atomic E-state index is 5.51. The van der Waals surface area contributed by atoms with Crippen molar-refractivity contribution in [2.45, 2.75) is 149 Å². The quantitative estimate of drug-likeness (QED) is 0.180. The molecule has 0 bridgehead atoms. The van der Waals surface area contributed by atoms with Crippen molar-refractivity contribution in [3.8, 4) is 0 Å². The van der Waals surface area contributed by atoms with Gasteiger partial charge in [0, 0.05) is 0 Å². The maximum atomic E-state index is 5.51. The van der Waals surface area contributed by atoms with E-state index in [1.807, 2.05) is 0 Å². The molecule has 0 aliphatic rings. The van der Waals surface area contributed by atoms with Gasteiger partial charge in [0.1, 0.15) is 0 Å². The van der Waals surface area contributed by atoms with Gasteiger partial charge >= 0.3 is 0 Å². The fraction of sp³-hybridized carbons (Fsp3) is 1.00. The second kappa shape index (κ2) is 30.1. The summed E-state index contributed by atoms with van der Waals surface area (Å²) >= 11 is 0. The third-order valence-corrected chi connectivity index (χ3v) is 5.73. The van der Waals surface area contributed by atoms with E-state index in [0.29, 0.717) is 0 Å². The van der Waals surface area contributed by atoms with Crippen LogP contribution in [-0.2, 0) is 0 Å². The van der Waals surface area contributed by atoms with Crippen molar-refractivity contribution in [1.29, 1.82) is 0 Å². The Bertz CT molecular complexity index is 233. The van der Waals surface area contributed by atoms with Gasteiger partial charge in [0.2, 0.25) is 0 Å². The minimum Gasteiger partial charge on any atom is -0.330 e. The van der Waals surface area contributed by atoms with Crippen LogP contribution in [0, 0.1) is 0 Å². The highest BCUT2D eigenvalue weighted by atomic mass is 15.0. The fourth-order valence-electron chi connectivity index (χ4n) is 3.85. The van der Waals surface area contributed by atoms with Gasteiger partial charge in [0.25, 0.3) is 0 Å². The van der Waals surface area contributed by atoms with E-state index in [4.69, 9.17) is 5.73 Å². The minimum absolute atomic E-state index is 0.874. The number of nitrogens with two attached hydrogens (primary N) is 1. The summed E-state index contributed by atoms with van der Waals surface area (Å²) in [6, 6.07) is 0. The maximum Gasteiger partial charge on any atom is -0.00275 e. The molecule has 0 aromatic heterocycles. The summed E-state index contributed by atoms with van der Waals surface area (Å²) in [7, 11) is 4.17. The van der Waals surface area contributed by atoms with Gasteiger partial charge in [-0.2, -0.15) is 0 Å². The van der Waals surface area contributed by atoms with Crippen LogP contribution in [0.3, 0.4) is 0 Å². The van der Waals surface area contributed by atoms with Gasteiger partial charge in [-0.25, -0.2) is 0 Å². The third kappa shape index (κ3) is 35.7. The molecule has 29 heavy (non-hydrogen) atoms. The molecule has 0 saturated heterocycles. The molecule has 0 spiro atoms. The van der Waals surface area contributed by atoms with Gasteiger partial charge < -0.3 is 10.6 Å². The van der Waals surface area contributed by atoms with E-state index in [1.54, 1.807) is 0 Å². The average molecular weight is 413 g/mol. The van der Waals surface area contributed by atoms with Crippen LogP contribution in [-0.4, -0.2) is 32.1 Å². The molecule has 0 radical (unpaired) electrons. The van der Waals surface area contributed by atoms with Crippen molar-refractivity contribution in [2.75, 3.05) is 27.2 Å². The molecular weight excluding hydrogens is 352 g/mol. The van der Waals surface area contributed by atoms with Crippen LogP contribution in [0.5, 0.6) is 0 Å². The molecule has 0 aliphatic heterocycles. The standard InChI is InChI=1S/C22H47N.C5H13N/c1-2-3-4-5-6-7-8-9-10-11-12-13-14-15-16-17-18-19-20-21-22-23;1-4-5-6(2)3/h2-23H2,1H3;4-5H2,1-3H3. The van der Waals surface area contributed by atoms with Gasteiger partial charge in [-0.1, -0.05) is 136 Å². The summed E-state index contributed by atoms with van der Waals surface area (Å²) in [6.45, 7) is 6.56. The normalized spacial score (nSPS) is 11.0. The van der Waals surface area contributed by atoms with E-state index in [-0.39, 0.29) is 0 Å². The van der Waals surface area contributed by atoms with Gasteiger partial charge in [0.05, 0.1) is 0 Å². The summed E-state index contributed by atoms with van der Waals surface area (Å²) in [5.74, 6) is 0. The predicted molar refractivity (Wildman–Crippen MR) is 136 cm³/mol. The summed E-state index contributed by atoms with van der Waals surface area (Å²) in [5, 5.41) is 0. The van der Waals surface area contributed by atoms with Gasteiger partial charge in [-0.15, -0.1) is 0 Å². The molecule has 2 N–H and O–H groups in total. The van der Waals surface area contributed by atoms with Crippen LogP contribution in [0.4, 0.5) is 0 Å². The lowest BCUT2D eigenvalue weighted by atomic mass is 10.0. The molecular formula is C27H60N2. The Kier molecular flexibility index (Phi) is 32.3. The van der Waals surface area contributed by atoms with Crippen LogP contribution < -0.4 is 5.73 Å². The topological polar surface area (TPSA) is 29.3 Å². The largest absolute Gasteiger partial charge is 0.330 e. The molecule has 2 nitrogen and oxygen atoms in total. The van der Waals surface area contributed by atoms with E-state index in [1.165, 1.54) is 141 Å². The Morgan fingerprint density at radius 3 is 0.862 bits per heavy atom. The Morgan fingerprint density at radius 1 is 0.414 bits per heavy atom. The molecule has 0 atom stereocenters. The fourth-order valence-corrected chi connectivity index (χ4v) is 3.85. The lowest BCUT2D eigenvalue weighted by Crippen LogP contribution is -2.11. The first-order valence-corrected chi connectivity index (χ1v) is 13.5. The first-order valence-electron chi connectivity index (χ1n) is 13.5. The van der Waals surface area contributed by atoms with Crippen LogP contribution in [0.1, 0.15) is 149 Å². The van der Waals surface area contributed by atoms with E-state index < -0.39 is 0 Å². The van der Waals surface area contributed by atoms with Crippen molar-refractivity contribution in [1.82, 2.24) is 4.90 Å². The van der Waals surface area contributed by atoms with Crippen LogP contribution in [0.15, 0.2) is 0 Å². The molecule has 2 heteroatoms. The first kappa shape index (κ1) is 31.1. The molecule has 0 heterocycles. The lowest BCUT2D eigenvalue weighted by Gasteiger charge is -2.04. The molecule has 0 aromatic rings. The number of hydrogen-bond acceptors (Lipinski definition) is 2. The van der Waals surface area contributed by atoms with Crippen LogP contribution >= 0.6 is 0 Å². The number of nitrogens with zero attached hydrogens (tertiary/aromatic N) is 1. The highest BCUT2D eigenvalue weighted by Gasteiger charge is 1.95. The zero-order valence-corrected chi connectivity index (χ0v) is 21.3. The van der Waals surface area contributed by atoms with Crippen molar-refractivity contribution in [3.63, 3.8) is 0 Å². The second-order valence-corrected chi connectivity index (χ2v) is 9.31. The van der Waals surface area contributed by atoms with E-state index in [2.05, 4.69) is 32.8 Å². The summed E-state index contributed by atoms with van der Waals surface area (Å²) in [4.78, 5) is 2.18. The molecule has 178 valence electrons. The molecule has 0 rings (SSSR count). The number of unbranched alkanes of at least 4 members (excludes halogenated alkanes) is 19.